The lowest BCUT2D eigenvalue weighted by Gasteiger charge is -2.59. The lowest BCUT2D eigenvalue weighted by atomic mass is 9.48. The molecule has 8 nitrogen and oxygen atoms in total. The summed E-state index contributed by atoms with van der Waals surface area (Å²) in [5.74, 6) is -1.97. The Bertz CT molecular complexity index is 1010. The van der Waals surface area contributed by atoms with Gasteiger partial charge in [-0.2, -0.15) is 8.78 Å². The molecule has 0 aliphatic heterocycles. The minimum Gasteiger partial charge on any atom is -0.743 e. The summed E-state index contributed by atoms with van der Waals surface area (Å²) in [4.78, 5) is 25.5. The van der Waals surface area contributed by atoms with Gasteiger partial charge < -0.3 is 19.1 Å². The summed E-state index contributed by atoms with van der Waals surface area (Å²) in [6.45, 7) is -1.85. The van der Waals surface area contributed by atoms with Gasteiger partial charge >= 0.3 is 17.2 Å². The molecule has 0 saturated heterocycles. The Morgan fingerprint density at radius 3 is 2.35 bits per heavy atom. The van der Waals surface area contributed by atoms with Crippen molar-refractivity contribution >= 4 is 22.1 Å². The number of phenolic OH excluding ortho intramolecular Hbond substituents is 1. The molecule has 4 fully saturated rings. The van der Waals surface area contributed by atoms with E-state index < -0.39 is 44.9 Å². The van der Waals surface area contributed by atoms with E-state index in [1.807, 2.05) is 0 Å². The van der Waals surface area contributed by atoms with Crippen molar-refractivity contribution in [3.05, 3.63) is 29.8 Å². The van der Waals surface area contributed by atoms with E-state index in [1.54, 1.807) is 12.1 Å². The Balaban J connectivity index is 1.54. The van der Waals surface area contributed by atoms with Gasteiger partial charge in [0.05, 0.1) is 5.41 Å². The molecule has 0 amide bonds. The Morgan fingerprint density at radius 2 is 1.77 bits per heavy atom. The second-order valence-corrected chi connectivity index (χ2v) is 10.5. The lowest BCUT2D eigenvalue weighted by molar-refractivity contribution is -0.200. The highest BCUT2D eigenvalue weighted by atomic mass is 32.2. The predicted octanol–water partition coefficient (Wildman–Crippen LogP) is 2.57. The van der Waals surface area contributed by atoms with Crippen molar-refractivity contribution in [1.29, 1.82) is 0 Å². The van der Waals surface area contributed by atoms with Crippen LogP contribution in [0.15, 0.2) is 24.3 Å². The molecule has 0 heterocycles. The molecule has 1 aromatic carbocycles. The number of aromatic hydroxyl groups is 1. The Hall–Kier alpha value is -2.27. The first kappa shape index (κ1) is 21.9. The van der Waals surface area contributed by atoms with Crippen molar-refractivity contribution in [2.24, 2.45) is 17.3 Å². The number of esters is 2. The smallest absolute Gasteiger partial charge is 0.367 e. The van der Waals surface area contributed by atoms with Gasteiger partial charge in [-0.05, 0) is 56.1 Å². The third kappa shape index (κ3) is 3.89. The summed E-state index contributed by atoms with van der Waals surface area (Å²) >= 11 is 0. The van der Waals surface area contributed by atoms with Crippen LogP contribution in [0.3, 0.4) is 0 Å². The molecular weight excluding hydrogens is 438 g/mol. The number of hydrogen-bond donors (Lipinski definition) is 1. The number of alkyl halides is 2. The van der Waals surface area contributed by atoms with Crippen LogP contribution in [0.25, 0.3) is 0 Å². The van der Waals surface area contributed by atoms with E-state index in [9.17, 15) is 36.4 Å². The number of carbonyl (C=O) groups is 2. The average molecular weight is 459 g/mol. The fourth-order valence-corrected chi connectivity index (χ4v) is 6.01. The third-order valence-electron chi connectivity index (χ3n) is 6.61. The number of benzene rings is 1. The molecule has 0 radical (unpaired) electrons. The molecule has 11 heteroatoms. The Labute approximate surface area is 177 Å². The van der Waals surface area contributed by atoms with Crippen molar-refractivity contribution in [1.82, 2.24) is 0 Å². The molecule has 1 N–H and O–H groups in total. The van der Waals surface area contributed by atoms with Crippen LogP contribution in [0, 0.1) is 17.3 Å². The summed E-state index contributed by atoms with van der Waals surface area (Å²) in [5.41, 5.74) is -2.21. The molecule has 170 valence electrons. The molecule has 1 aromatic rings. The van der Waals surface area contributed by atoms with E-state index in [1.165, 1.54) is 12.1 Å². The quantitative estimate of drug-likeness (QED) is 0.507. The standard InChI is InChI=1S/C20H22F2O8S/c21-20(22,31(26,27)28)11-29-17(25)18-6-12-5-13(7-18)9-19(8-12,10-18)30-16(24)14-3-1-2-4-15(14)23/h1-4,12-13,23H,5-11H2,(H,26,27,28)/p-1. The summed E-state index contributed by atoms with van der Waals surface area (Å²) in [7, 11) is -5.97. The van der Waals surface area contributed by atoms with Gasteiger partial charge in [0, 0.05) is 6.42 Å². The summed E-state index contributed by atoms with van der Waals surface area (Å²) < 4.78 is 69.4. The van der Waals surface area contributed by atoms with Crippen LogP contribution in [0.2, 0.25) is 0 Å². The number of phenols is 1. The van der Waals surface area contributed by atoms with Crippen LogP contribution in [-0.2, 0) is 24.4 Å². The normalized spacial score (nSPS) is 32.0. The van der Waals surface area contributed by atoms with Crippen molar-refractivity contribution in [3.8, 4) is 5.75 Å². The lowest BCUT2D eigenvalue weighted by Crippen LogP contribution is -2.60. The first-order valence-corrected chi connectivity index (χ1v) is 11.3. The topological polar surface area (TPSA) is 130 Å². The first-order valence-electron chi connectivity index (χ1n) is 9.87. The highest BCUT2D eigenvalue weighted by molar-refractivity contribution is 7.86. The van der Waals surface area contributed by atoms with Crippen LogP contribution >= 0.6 is 0 Å². The molecule has 4 saturated carbocycles. The van der Waals surface area contributed by atoms with Crippen LogP contribution < -0.4 is 0 Å². The van der Waals surface area contributed by atoms with Gasteiger partial charge in [-0.15, -0.1) is 0 Å². The molecular formula is C20H21F2O8S-. The number of ether oxygens (including phenoxy) is 2. The number of para-hydroxylation sites is 1. The fourth-order valence-electron chi connectivity index (χ4n) is 5.81. The molecule has 31 heavy (non-hydrogen) atoms. The van der Waals surface area contributed by atoms with E-state index in [4.69, 9.17) is 4.74 Å². The second kappa shape index (κ2) is 7.13. The average Bonchev–Trinajstić information content (AvgIpc) is 2.64. The van der Waals surface area contributed by atoms with Crippen LogP contribution in [0.1, 0.15) is 48.9 Å². The maximum Gasteiger partial charge on any atom is 0.367 e. The van der Waals surface area contributed by atoms with Gasteiger partial charge in [-0.3, -0.25) is 4.79 Å². The highest BCUT2D eigenvalue weighted by Gasteiger charge is 2.63. The second-order valence-electron chi connectivity index (χ2n) is 9.00. The van der Waals surface area contributed by atoms with Gasteiger partial charge in [-0.25, -0.2) is 13.2 Å². The molecule has 5 rings (SSSR count). The number of halogens is 2. The predicted molar refractivity (Wildman–Crippen MR) is 99.0 cm³/mol. The Kier molecular flexibility index (Phi) is 5.04. The van der Waals surface area contributed by atoms with Gasteiger partial charge in [0.2, 0.25) is 0 Å². The molecule has 2 unspecified atom stereocenters. The van der Waals surface area contributed by atoms with Crippen LogP contribution in [0.4, 0.5) is 8.78 Å². The zero-order valence-electron chi connectivity index (χ0n) is 16.4. The zero-order valence-corrected chi connectivity index (χ0v) is 17.2. The summed E-state index contributed by atoms with van der Waals surface area (Å²) in [6, 6.07) is 5.88. The minimum atomic E-state index is -5.97. The first-order chi connectivity index (χ1) is 14.3. The van der Waals surface area contributed by atoms with E-state index >= 15 is 0 Å². The number of rotatable bonds is 6. The van der Waals surface area contributed by atoms with Gasteiger partial charge in [0.1, 0.15) is 16.9 Å². The fraction of sp³-hybridized carbons (Fsp3) is 0.600. The van der Waals surface area contributed by atoms with Crippen LogP contribution in [0.5, 0.6) is 5.75 Å². The largest absolute Gasteiger partial charge is 0.743 e. The van der Waals surface area contributed by atoms with Crippen molar-refractivity contribution in [2.75, 3.05) is 6.61 Å². The molecule has 2 atom stereocenters. The number of carbonyl (C=O) groups excluding carboxylic acids is 2. The van der Waals surface area contributed by atoms with E-state index in [0.29, 0.717) is 25.7 Å². The maximum absolute atomic E-state index is 13.5. The van der Waals surface area contributed by atoms with E-state index in [-0.39, 0.29) is 29.6 Å². The molecule has 4 aliphatic carbocycles. The highest BCUT2D eigenvalue weighted by Crippen LogP contribution is 2.63. The van der Waals surface area contributed by atoms with Crippen molar-refractivity contribution < 1.29 is 45.9 Å². The van der Waals surface area contributed by atoms with E-state index in [0.717, 1.165) is 6.42 Å². The monoisotopic (exact) mass is 459 g/mol. The summed E-state index contributed by atoms with van der Waals surface area (Å²) in [5, 5.41) is 5.20. The molecule has 4 bridgehead atoms. The van der Waals surface area contributed by atoms with Crippen molar-refractivity contribution in [2.45, 2.75) is 49.4 Å². The maximum atomic E-state index is 13.5. The summed E-state index contributed by atoms with van der Waals surface area (Å²) in [6.07, 6.45) is 2.57. The minimum absolute atomic E-state index is 0.00900. The molecule has 0 aromatic heterocycles. The third-order valence-corrected chi connectivity index (χ3v) is 7.46. The Morgan fingerprint density at radius 1 is 1.16 bits per heavy atom. The van der Waals surface area contributed by atoms with Crippen molar-refractivity contribution in [3.63, 3.8) is 0 Å². The van der Waals surface area contributed by atoms with Gasteiger partial charge in [0.25, 0.3) is 0 Å². The van der Waals surface area contributed by atoms with Gasteiger partial charge in [0.15, 0.2) is 16.7 Å². The molecule has 0 spiro atoms. The van der Waals surface area contributed by atoms with Gasteiger partial charge in [-0.1, -0.05) is 12.1 Å². The zero-order chi connectivity index (χ0) is 22.7. The number of hydrogen-bond acceptors (Lipinski definition) is 8. The SMILES string of the molecule is O=C(OC12CC3CC(C1)CC(C(=O)OCC(F)(F)S(=O)(=O)[O-])(C3)C2)c1ccccc1O. The van der Waals surface area contributed by atoms with E-state index in [2.05, 4.69) is 4.74 Å². The molecule has 4 aliphatic rings. The van der Waals surface area contributed by atoms with Crippen LogP contribution in [-0.4, -0.2) is 47.5 Å².